The largest absolute Gasteiger partial charge is 0.480 e. The number of hydrogen-bond acceptors (Lipinski definition) is 3. The van der Waals surface area contributed by atoms with Gasteiger partial charge in [0.05, 0.1) is 29.4 Å². The minimum atomic E-state index is 0.361. The molecule has 0 unspecified atom stereocenters. The van der Waals surface area contributed by atoms with E-state index in [4.69, 9.17) is 14.7 Å². The van der Waals surface area contributed by atoms with Crippen LogP contribution in [0, 0.1) is 6.92 Å². The summed E-state index contributed by atoms with van der Waals surface area (Å²) in [6.45, 7) is 13.2. The van der Waals surface area contributed by atoms with Crippen molar-refractivity contribution < 1.29 is 4.74 Å². The summed E-state index contributed by atoms with van der Waals surface area (Å²) in [6.07, 6.45) is 5.51. The average Bonchev–Trinajstić information content (AvgIpc) is 3.02. The first-order valence-electron chi connectivity index (χ1n) is 10.5. The Balaban J connectivity index is 2.21. The summed E-state index contributed by atoms with van der Waals surface area (Å²) in [6, 6.07) is 6.99. The Labute approximate surface area is 169 Å². The first-order chi connectivity index (χ1) is 13.4. The molecule has 0 aliphatic carbocycles. The van der Waals surface area contributed by atoms with Crippen LogP contribution in [0.5, 0.6) is 5.88 Å². The summed E-state index contributed by atoms with van der Waals surface area (Å²) < 4.78 is 8.04. The molecule has 4 heteroatoms. The molecule has 3 heterocycles. The van der Waals surface area contributed by atoms with Crippen molar-refractivity contribution in [1.29, 1.82) is 0 Å². The van der Waals surface area contributed by atoms with E-state index in [-0.39, 0.29) is 0 Å². The van der Waals surface area contributed by atoms with Crippen LogP contribution in [-0.4, -0.2) is 21.6 Å². The number of aromatic nitrogens is 3. The fraction of sp³-hybridized carbons (Fsp3) is 0.500. The Kier molecular flexibility index (Phi) is 6.07. The lowest BCUT2D eigenvalue weighted by Gasteiger charge is -2.16. The molecule has 4 nitrogen and oxygen atoms in total. The molecule has 150 valence electrons. The van der Waals surface area contributed by atoms with Crippen molar-refractivity contribution in [1.82, 2.24) is 14.5 Å². The Bertz CT molecular complexity index is 972. The van der Waals surface area contributed by atoms with Crippen molar-refractivity contribution in [2.24, 2.45) is 0 Å². The van der Waals surface area contributed by atoms with Crippen molar-refractivity contribution in [2.45, 2.75) is 72.8 Å². The molecule has 3 aromatic rings. The Morgan fingerprint density at radius 1 is 1.11 bits per heavy atom. The lowest BCUT2D eigenvalue weighted by Crippen LogP contribution is -2.04. The van der Waals surface area contributed by atoms with E-state index < -0.39 is 0 Å². The van der Waals surface area contributed by atoms with Gasteiger partial charge in [-0.1, -0.05) is 34.1 Å². The van der Waals surface area contributed by atoms with Crippen LogP contribution in [0.2, 0.25) is 0 Å². The summed E-state index contributed by atoms with van der Waals surface area (Å²) in [5, 5.41) is 0. The molecule has 0 radical (unpaired) electrons. The fourth-order valence-corrected chi connectivity index (χ4v) is 3.91. The topological polar surface area (TPSA) is 39.9 Å². The number of methoxy groups -OCH3 is 1. The zero-order valence-corrected chi connectivity index (χ0v) is 18.3. The van der Waals surface area contributed by atoms with Gasteiger partial charge in [-0.3, -0.25) is 0 Å². The van der Waals surface area contributed by atoms with Crippen LogP contribution < -0.4 is 4.74 Å². The van der Waals surface area contributed by atoms with Gasteiger partial charge < -0.3 is 9.30 Å². The van der Waals surface area contributed by atoms with Gasteiger partial charge in [-0.15, -0.1) is 0 Å². The van der Waals surface area contributed by atoms with Crippen molar-refractivity contribution >= 4 is 11.0 Å². The van der Waals surface area contributed by atoms with Gasteiger partial charge in [0.1, 0.15) is 0 Å². The van der Waals surface area contributed by atoms with Crippen molar-refractivity contribution in [3.63, 3.8) is 0 Å². The number of aryl methyl sites for hydroxylation is 2. The lowest BCUT2D eigenvalue weighted by molar-refractivity contribution is 0.397. The number of pyridine rings is 2. The Hall–Kier alpha value is -2.36. The van der Waals surface area contributed by atoms with Crippen LogP contribution in [0.25, 0.3) is 22.3 Å². The molecule has 28 heavy (non-hydrogen) atoms. The van der Waals surface area contributed by atoms with E-state index in [2.05, 4.69) is 70.5 Å². The van der Waals surface area contributed by atoms with Crippen molar-refractivity contribution in [2.75, 3.05) is 7.11 Å². The molecule has 3 rings (SSSR count). The molecule has 0 saturated heterocycles. The molecule has 0 amide bonds. The maximum atomic E-state index is 5.65. The standard InChI is InChI=1S/C24H33N3O/c1-8-10-17(6)27-14-16(5)22-21(27)13-18(9-2)23(26-22)19-11-12-20(15(3)4)25-24(19)28-7/h11-15,17H,8-10H2,1-7H3/t17-/m1/s1. The van der Waals surface area contributed by atoms with Crippen LogP contribution in [0.3, 0.4) is 0 Å². The molecular formula is C24H33N3O. The summed E-state index contributed by atoms with van der Waals surface area (Å²) in [5.74, 6) is 1.02. The predicted molar refractivity (Wildman–Crippen MR) is 117 cm³/mol. The van der Waals surface area contributed by atoms with Crippen LogP contribution in [0.15, 0.2) is 24.4 Å². The molecule has 0 aliphatic rings. The first kappa shape index (κ1) is 20.4. The van der Waals surface area contributed by atoms with Gasteiger partial charge in [-0.2, -0.15) is 0 Å². The van der Waals surface area contributed by atoms with Crippen molar-refractivity contribution in [3.8, 4) is 17.1 Å². The van der Waals surface area contributed by atoms with E-state index >= 15 is 0 Å². The third-order valence-electron chi connectivity index (χ3n) is 5.55. The van der Waals surface area contributed by atoms with E-state index in [0.717, 1.165) is 28.9 Å². The molecule has 0 bridgehead atoms. The van der Waals surface area contributed by atoms with Crippen LogP contribution in [0.1, 0.15) is 76.2 Å². The predicted octanol–water partition coefficient (Wildman–Crippen LogP) is 6.46. The maximum Gasteiger partial charge on any atom is 0.222 e. The molecule has 0 fully saturated rings. The zero-order chi connectivity index (χ0) is 20.4. The lowest BCUT2D eigenvalue weighted by atomic mass is 10.0. The Morgan fingerprint density at radius 2 is 1.86 bits per heavy atom. The van der Waals surface area contributed by atoms with E-state index in [1.54, 1.807) is 7.11 Å². The van der Waals surface area contributed by atoms with Gasteiger partial charge in [0, 0.05) is 17.9 Å². The van der Waals surface area contributed by atoms with Crippen LogP contribution in [0.4, 0.5) is 0 Å². The molecule has 0 saturated carbocycles. The molecule has 0 N–H and O–H groups in total. The van der Waals surface area contributed by atoms with E-state index in [0.29, 0.717) is 17.8 Å². The van der Waals surface area contributed by atoms with E-state index in [9.17, 15) is 0 Å². The summed E-state index contributed by atoms with van der Waals surface area (Å²) in [5.41, 5.74) is 7.74. The highest BCUT2D eigenvalue weighted by Crippen LogP contribution is 2.35. The fourth-order valence-electron chi connectivity index (χ4n) is 3.91. The monoisotopic (exact) mass is 379 g/mol. The van der Waals surface area contributed by atoms with Gasteiger partial charge in [-0.05, 0) is 61.9 Å². The highest BCUT2D eigenvalue weighted by molar-refractivity contribution is 5.85. The molecule has 0 spiro atoms. The van der Waals surface area contributed by atoms with Crippen LogP contribution >= 0.6 is 0 Å². The van der Waals surface area contributed by atoms with Crippen molar-refractivity contribution in [3.05, 3.63) is 41.2 Å². The second-order valence-corrected chi connectivity index (χ2v) is 8.02. The van der Waals surface area contributed by atoms with Gasteiger partial charge in [-0.25, -0.2) is 9.97 Å². The van der Waals surface area contributed by atoms with Crippen LogP contribution in [-0.2, 0) is 6.42 Å². The smallest absolute Gasteiger partial charge is 0.222 e. The summed E-state index contributed by atoms with van der Waals surface area (Å²) in [7, 11) is 1.69. The second-order valence-electron chi connectivity index (χ2n) is 8.02. The van der Waals surface area contributed by atoms with Gasteiger partial charge >= 0.3 is 0 Å². The highest BCUT2D eigenvalue weighted by Gasteiger charge is 2.19. The van der Waals surface area contributed by atoms with Gasteiger partial charge in [0.15, 0.2) is 0 Å². The number of rotatable bonds is 7. The molecule has 3 aromatic heterocycles. The molecular weight excluding hydrogens is 346 g/mol. The number of nitrogens with zero attached hydrogens (tertiary/aromatic N) is 3. The SMILES string of the molecule is CCC[C@@H](C)n1cc(C)c2nc(-c3ccc(C(C)C)nc3OC)c(CC)cc21. The molecule has 0 aliphatic heterocycles. The Morgan fingerprint density at radius 3 is 2.46 bits per heavy atom. The maximum absolute atomic E-state index is 5.65. The average molecular weight is 380 g/mol. The summed E-state index contributed by atoms with van der Waals surface area (Å²) >= 11 is 0. The normalized spacial score (nSPS) is 12.7. The highest BCUT2D eigenvalue weighted by atomic mass is 16.5. The van der Waals surface area contributed by atoms with Gasteiger partial charge in [0.2, 0.25) is 5.88 Å². The summed E-state index contributed by atoms with van der Waals surface area (Å²) in [4.78, 5) is 9.86. The minimum absolute atomic E-state index is 0.361. The number of fused-ring (bicyclic) bond motifs is 1. The minimum Gasteiger partial charge on any atom is -0.480 e. The van der Waals surface area contributed by atoms with E-state index in [1.807, 2.05) is 0 Å². The molecule has 1 atom stereocenters. The number of ether oxygens (including phenoxy) is 1. The quantitative estimate of drug-likeness (QED) is 0.473. The third kappa shape index (κ3) is 3.65. The van der Waals surface area contributed by atoms with Gasteiger partial charge in [0.25, 0.3) is 0 Å². The zero-order valence-electron chi connectivity index (χ0n) is 18.3. The second kappa shape index (κ2) is 8.34. The number of hydrogen-bond donors (Lipinski definition) is 0. The van der Waals surface area contributed by atoms with E-state index in [1.165, 1.54) is 29.5 Å². The molecule has 0 aromatic carbocycles. The third-order valence-corrected chi connectivity index (χ3v) is 5.55. The first-order valence-corrected chi connectivity index (χ1v) is 10.5.